The van der Waals surface area contributed by atoms with Crippen LogP contribution in [0.15, 0.2) is 18.2 Å². The summed E-state index contributed by atoms with van der Waals surface area (Å²) in [5.41, 5.74) is 5.10. The molecule has 1 aromatic rings. The molecule has 2 amide bonds. The number of rotatable bonds is 3. The van der Waals surface area contributed by atoms with E-state index in [4.69, 9.17) is 4.74 Å². The smallest absolute Gasteiger partial charge is 0.269 e. The quantitative estimate of drug-likeness (QED) is 0.642. The van der Waals surface area contributed by atoms with Gasteiger partial charge in [0.25, 0.3) is 5.91 Å². The van der Waals surface area contributed by atoms with Gasteiger partial charge in [-0.25, -0.2) is 0 Å². The topological polar surface area (TPSA) is 67.4 Å². The fourth-order valence-corrected chi connectivity index (χ4v) is 1.83. The Kier molecular flexibility index (Phi) is 5.20. The van der Waals surface area contributed by atoms with Crippen LogP contribution >= 0.6 is 22.6 Å². The number of methoxy groups -OCH3 is 1. The van der Waals surface area contributed by atoms with E-state index in [0.717, 1.165) is 3.57 Å². The Morgan fingerprint density at radius 3 is 2.59 bits per heavy atom. The number of halogens is 1. The first kappa shape index (κ1) is 13.8. The molecule has 0 fully saturated rings. The number of hydrogen-bond acceptors (Lipinski definition) is 3. The van der Waals surface area contributed by atoms with Gasteiger partial charge in [0, 0.05) is 12.0 Å². The number of hydrogen-bond donors (Lipinski definition) is 2. The van der Waals surface area contributed by atoms with Crippen LogP contribution < -0.4 is 15.6 Å². The van der Waals surface area contributed by atoms with Crippen LogP contribution in [0.4, 0.5) is 0 Å². The number of benzene rings is 1. The van der Waals surface area contributed by atoms with E-state index < -0.39 is 0 Å². The van der Waals surface area contributed by atoms with Gasteiger partial charge in [-0.1, -0.05) is 6.92 Å². The highest BCUT2D eigenvalue weighted by Crippen LogP contribution is 2.21. The van der Waals surface area contributed by atoms with Crippen molar-refractivity contribution < 1.29 is 14.3 Å². The molecule has 0 bridgehead atoms. The van der Waals surface area contributed by atoms with E-state index in [1.807, 2.05) is 0 Å². The highest BCUT2D eigenvalue weighted by atomic mass is 127. The maximum Gasteiger partial charge on any atom is 0.269 e. The van der Waals surface area contributed by atoms with Gasteiger partial charge in [-0.15, -0.1) is 0 Å². The maximum absolute atomic E-state index is 11.6. The summed E-state index contributed by atoms with van der Waals surface area (Å²) in [5, 5.41) is 0. The molecule has 0 radical (unpaired) electrons. The van der Waals surface area contributed by atoms with Crippen LogP contribution in [0.3, 0.4) is 0 Å². The summed E-state index contributed by atoms with van der Waals surface area (Å²) < 4.78 is 5.92. The van der Waals surface area contributed by atoms with Crippen LogP contribution in [-0.2, 0) is 4.79 Å². The van der Waals surface area contributed by atoms with E-state index in [9.17, 15) is 9.59 Å². The third kappa shape index (κ3) is 3.88. The number of carbonyl (C=O) groups is 2. The highest BCUT2D eigenvalue weighted by molar-refractivity contribution is 14.1. The number of carbonyl (C=O) groups excluding carboxylic acids is 2. The second-order valence-corrected chi connectivity index (χ2v) is 4.37. The number of amides is 2. The molecule has 92 valence electrons. The van der Waals surface area contributed by atoms with Crippen molar-refractivity contribution in [3.63, 3.8) is 0 Å². The fraction of sp³-hybridized carbons (Fsp3) is 0.273. The molecule has 5 nitrogen and oxygen atoms in total. The third-order valence-corrected chi connectivity index (χ3v) is 2.89. The summed E-state index contributed by atoms with van der Waals surface area (Å²) >= 11 is 2.08. The van der Waals surface area contributed by atoms with E-state index in [1.165, 1.54) is 0 Å². The van der Waals surface area contributed by atoms with Crippen LogP contribution in [0, 0.1) is 3.57 Å². The summed E-state index contributed by atoms with van der Waals surface area (Å²) in [5.74, 6) is 0.119. The monoisotopic (exact) mass is 348 g/mol. The zero-order valence-electron chi connectivity index (χ0n) is 9.54. The molecule has 1 rings (SSSR count). The van der Waals surface area contributed by atoms with Gasteiger partial charge in [-0.2, -0.15) is 0 Å². The number of hydrazine groups is 1. The fourth-order valence-electron chi connectivity index (χ4n) is 1.09. The lowest BCUT2D eigenvalue weighted by atomic mass is 10.2. The van der Waals surface area contributed by atoms with Crippen LogP contribution in [-0.4, -0.2) is 18.9 Å². The molecule has 6 heteroatoms. The van der Waals surface area contributed by atoms with Crippen molar-refractivity contribution in [1.82, 2.24) is 10.9 Å². The van der Waals surface area contributed by atoms with Crippen LogP contribution in [0.5, 0.6) is 5.75 Å². The van der Waals surface area contributed by atoms with E-state index in [0.29, 0.717) is 17.7 Å². The zero-order valence-corrected chi connectivity index (χ0v) is 11.7. The minimum absolute atomic E-state index is 0.235. The molecule has 0 atom stereocenters. The van der Waals surface area contributed by atoms with Gasteiger partial charge in [-0.05, 0) is 40.8 Å². The number of ether oxygens (including phenoxy) is 1. The molecule has 0 saturated carbocycles. The largest absolute Gasteiger partial charge is 0.496 e. The van der Waals surface area contributed by atoms with Crippen molar-refractivity contribution in [1.29, 1.82) is 0 Å². The van der Waals surface area contributed by atoms with Gasteiger partial charge >= 0.3 is 0 Å². The van der Waals surface area contributed by atoms with Gasteiger partial charge in [0.15, 0.2) is 0 Å². The van der Waals surface area contributed by atoms with Gasteiger partial charge in [0.2, 0.25) is 5.91 Å². The van der Waals surface area contributed by atoms with Crippen molar-refractivity contribution in [2.24, 2.45) is 0 Å². The van der Waals surface area contributed by atoms with Crippen LogP contribution in [0.25, 0.3) is 0 Å². The molecule has 0 heterocycles. The van der Waals surface area contributed by atoms with E-state index >= 15 is 0 Å². The van der Waals surface area contributed by atoms with Crippen molar-refractivity contribution >= 4 is 34.4 Å². The van der Waals surface area contributed by atoms with E-state index in [2.05, 4.69) is 33.4 Å². The molecule has 0 unspecified atom stereocenters. The van der Waals surface area contributed by atoms with Gasteiger partial charge in [0.1, 0.15) is 5.75 Å². The molecular formula is C11H13IN2O3. The van der Waals surface area contributed by atoms with Gasteiger partial charge in [0.05, 0.1) is 10.7 Å². The van der Waals surface area contributed by atoms with Gasteiger partial charge < -0.3 is 4.74 Å². The first-order chi connectivity index (χ1) is 8.08. The molecule has 0 saturated heterocycles. The predicted molar refractivity (Wildman–Crippen MR) is 71.6 cm³/mol. The lowest BCUT2D eigenvalue weighted by molar-refractivity contribution is -0.121. The molecule has 17 heavy (non-hydrogen) atoms. The molecule has 0 aliphatic rings. The molecule has 1 aromatic carbocycles. The average Bonchev–Trinajstić information content (AvgIpc) is 2.35. The van der Waals surface area contributed by atoms with Gasteiger partial charge in [-0.3, -0.25) is 20.4 Å². The highest BCUT2D eigenvalue weighted by Gasteiger charge is 2.09. The minimum atomic E-state index is -0.354. The Bertz CT molecular complexity index is 435. The molecule has 0 aliphatic heterocycles. The third-order valence-electron chi connectivity index (χ3n) is 2.05. The van der Waals surface area contributed by atoms with Crippen molar-refractivity contribution in [2.45, 2.75) is 13.3 Å². The molecular weight excluding hydrogens is 335 g/mol. The summed E-state index contributed by atoms with van der Waals surface area (Å²) in [6, 6.07) is 5.03. The lowest BCUT2D eigenvalue weighted by Gasteiger charge is -2.08. The van der Waals surface area contributed by atoms with Crippen molar-refractivity contribution in [3.05, 3.63) is 27.3 Å². The van der Waals surface area contributed by atoms with E-state index in [1.54, 1.807) is 32.2 Å². The Hall–Kier alpha value is -1.31. The Balaban J connectivity index is 2.69. The van der Waals surface area contributed by atoms with Crippen LogP contribution in [0.1, 0.15) is 23.7 Å². The predicted octanol–water partition coefficient (Wildman–Crippen LogP) is 1.47. The Morgan fingerprint density at radius 1 is 1.35 bits per heavy atom. The summed E-state index contributed by atoms with van der Waals surface area (Å²) in [6.07, 6.45) is 0.320. The standard InChI is InChI=1S/C11H13IN2O3/c1-3-10(15)13-14-11(16)7-4-5-9(17-2)8(12)6-7/h4-6H,3H2,1-2H3,(H,13,15)(H,14,16). The Morgan fingerprint density at radius 2 is 2.06 bits per heavy atom. The first-order valence-electron chi connectivity index (χ1n) is 5.01. The second-order valence-electron chi connectivity index (χ2n) is 3.21. The minimum Gasteiger partial charge on any atom is -0.496 e. The molecule has 2 N–H and O–H groups in total. The van der Waals surface area contributed by atoms with E-state index in [-0.39, 0.29) is 11.8 Å². The molecule has 0 spiro atoms. The van der Waals surface area contributed by atoms with Crippen molar-refractivity contribution in [3.8, 4) is 5.75 Å². The first-order valence-corrected chi connectivity index (χ1v) is 6.09. The number of nitrogens with one attached hydrogen (secondary N) is 2. The molecule has 0 aromatic heterocycles. The van der Waals surface area contributed by atoms with Crippen LogP contribution in [0.2, 0.25) is 0 Å². The summed E-state index contributed by atoms with van der Waals surface area (Å²) in [7, 11) is 1.57. The zero-order chi connectivity index (χ0) is 12.8. The SMILES string of the molecule is CCC(=O)NNC(=O)c1ccc(OC)c(I)c1. The average molecular weight is 348 g/mol. The lowest BCUT2D eigenvalue weighted by Crippen LogP contribution is -2.41. The second kappa shape index (κ2) is 6.43. The normalized spacial score (nSPS) is 9.59. The Labute approximate surface area is 113 Å². The summed E-state index contributed by atoms with van der Waals surface area (Å²) in [6.45, 7) is 1.71. The maximum atomic E-state index is 11.6. The summed E-state index contributed by atoms with van der Waals surface area (Å²) in [4.78, 5) is 22.6. The van der Waals surface area contributed by atoms with Crippen molar-refractivity contribution in [2.75, 3.05) is 7.11 Å². The molecule has 0 aliphatic carbocycles.